The van der Waals surface area contributed by atoms with Gasteiger partial charge in [0.15, 0.2) is 0 Å². The zero-order valence-corrected chi connectivity index (χ0v) is 13.6. The summed E-state index contributed by atoms with van der Waals surface area (Å²) in [6.07, 6.45) is 7.35. The van der Waals surface area contributed by atoms with Gasteiger partial charge in [-0.3, -0.25) is 0 Å². The normalized spacial score (nSPS) is 23.4. The van der Waals surface area contributed by atoms with Crippen LogP contribution in [0.5, 0.6) is 0 Å². The number of aromatic nitrogens is 1. The van der Waals surface area contributed by atoms with E-state index in [0.29, 0.717) is 17.1 Å². The Morgan fingerprint density at radius 2 is 2.11 bits per heavy atom. The first-order valence-corrected chi connectivity index (χ1v) is 8.12. The quantitative estimate of drug-likeness (QED) is 0.896. The summed E-state index contributed by atoms with van der Waals surface area (Å²) in [5.74, 6) is 1.01. The molecule has 1 fully saturated rings. The lowest BCUT2D eigenvalue weighted by Crippen LogP contribution is -2.42. The lowest BCUT2D eigenvalue weighted by atomic mass is 9.90. The number of nitrogens with two attached hydrogens (primary N) is 1. The van der Waals surface area contributed by atoms with Crippen molar-refractivity contribution in [3.63, 3.8) is 0 Å². The van der Waals surface area contributed by atoms with E-state index < -0.39 is 0 Å². The maximum absolute atomic E-state index is 6.00. The molecule has 5 heteroatoms. The molecular formula is C14H21BrClN3. The molecule has 3 nitrogen and oxygen atoms in total. The van der Waals surface area contributed by atoms with Crippen LogP contribution in [0.15, 0.2) is 16.7 Å². The minimum absolute atomic E-state index is 0.376. The molecule has 2 rings (SSSR count). The Kier molecular flexibility index (Phi) is 5.48. The average molecular weight is 347 g/mol. The Labute approximate surface area is 128 Å². The van der Waals surface area contributed by atoms with E-state index in [-0.39, 0.29) is 0 Å². The second kappa shape index (κ2) is 6.91. The van der Waals surface area contributed by atoms with Gasteiger partial charge in [-0.15, -0.1) is 0 Å². The van der Waals surface area contributed by atoms with Crippen LogP contribution in [0.1, 0.15) is 39.0 Å². The van der Waals surface area contributed by atoms with Crippen LogP contribution in [0.25, 0.3) is 0 Å². The molecule has 106 valence electrons. The molecule has 1 aromatic rings. The molecule has 0 unspecified atom stereocenters. The van der Waals surface area contributed by atoms with Crippen molar-refractivity contribution in [2.75, 3.05) is 11.4 Å². The summed E-state index contributed by atoms with van der Waals surface area (Å²) in [6.45, 7) is 3.22. The second-order valence-corrected chi connectivity index (χ2v) is 6.51. The van der Waals surface area contributed by atoms with Gasteiger partial charge in [-0.2, -0.15) is 0 Å². The minimum Gasteiger partial charge on any atom is -0.353 e. The second-order valence-electron chi connectivity index (χ2n) is 5.22. The number of pyridine rings is 1. The summed E-state index contributed by atoms with van der Waals surface area (Å²) in [4.78, 5) is 6.92. The van der Waals surface area contributed by atoms with Gasteiger partial charge >= 0.3 is 0 Å². The molecule has 1 heterocycles. The Hall–Kier alpha value is -0.320. The van der Waals surface area contributed by atoms with Crippen molar-refractivity contribution in [3.05, 3.63) is 21.8 Å². The van der Waals surface area contributed by atoms with E-state index in [4.69, 9.17) is 17.3 Å². The molecule has 1 saturated carbocycles. The van der Waals surface area contributed by atoms with Crippen molar-refractivity contribution >= 4 is 33.3 Å². The van der Waals surface area contributed by atoms with Crippen LogP contribution < -0.4 is 10.6 Å². The number of nitrogens with zero attached hydrogens (tertiary/aromatic N) is 2. The summed E-state index contributed by atoms with van der Waals surface area (Å²) in [5.41, 5.74) is 6.00. The van der Waals surface area contributed by atoms with Crippen LogP contribution in [0.4, 0.5) is 5.82 Å². The van der Waals surface area contributed by atoms with Gasteiger partial charge in [0.1, 0.15) is 5.82 Å². The maximum Gasteiger partial charge on any atom is 0.143 e. The molecule has 0 amide bonds. The van der Waals surface area contributed by atoms with Gasteiger partial charge in [-0.25, -0.2) is 4.98 Å². The van der Waals surface area contributed by atoms with Gasteiger partial charge in [0, 0.05) is 24.8 Å². The van der Waals surface area contributed by atoms with Gasteiger partial charge in [0.05, 0.1) is 9.50 Å². The fraction of sp³-hybridized carbons (Fsp3) is 0.643. The first kappa shape index (κ1) is 15.1. The number of hydrogen-bond acceptors (Lipinski definition) is 3. The lowest BCUT2D eigenvalue weighted by molar-refractivity contribution is 0.374. The third-order valence-corrected chi connectivity index (χ3v) is 4.50. The fourth-order valence-corrected chi connectivity index (χ4v) is 3.60. The smallest absolute Gasteiger partial charge is 0.143 e. The first-order valence-electron chi connectivity index (χ1n) is 6.95. The van der Waals surface area contributed by atoms with Crippen LogP contribution in [0.2, 0.25) is 5.02 Å². The van der Waals surface area contributed by atoms with Gasteiger partial charge in [-0.05, 0) is 54.1 Å². The SMILES string of the molecule is CCCN(c1ncc(Cl)cc1Br)C1CCC(N)CC1. The van der Waals surface area contributed by atoms with Gasteiger partial charge in [0.2, 0.25) is 0 Å². The molecule has 1 aliphatic rings. The van der Waals surface area contributed by atoms with Crippen LogP contribution in [-0.2, 0) is 0 Å². The van der Waals surface area contributed by atoms with Crippen LogP contribution in [0, 0.1) is 0 Å². The molecule has 0 aliphatic heterocycles. The highest BCUT2D eigenvalue weighted by atomic mass is 79.9. The molecule has 1 aliphatic carbocycles. The Morgan fingerprint density at radius 3 is 2.68 bits per heavy atom. The first-order chi connectivity index (χ1) is 9.11. The van der Waals surface area contributed by atoms with Crippen molar-refractivity contribution in [3.8, 4) is 0 Å². The summed E-state index contributed by atoms with van der Waals surface area (Å²) in [5, 5.41) is 0.665. The Bertz CT molecular complexity index is 419. The van der Waals surface area contributed by atoms with E-state index in [2.05, 4.69) is 32.7 Å². The monoisotopic (exact) mass is 345 g/mol. The molecule has 0 spiro atoms. The number of halogens is 2. The van der Waals surface area contributed by atoms with Crippen molar-refractivity contribution in [1.29, 1.82) is 0 Å². The van der Waals surface area contributed by atoms with E-state index >= 15 is 0 Å². The zero-order chi connectivity index (χ0) is 13.8. The van der Waals surface area contributed by atoms with Gasteiger partial charge in [0.25, 0.3) is 0 Å². The molecule has 0 bridgehead atoms. The molecule has 0 aromatic carbocycles. The average Bonchev–Trinajstić information content (AvgIpc) is 2.38. The topological polar surface area (TPSA) is 42.2 Å². The summed E-state index contributed by atoms with van der Waals surface area (Å²) in [7, 11) is 0. The number of hydrogen-bond donors (Lipinski definition) is 1. The highest BCUT2D eigenvalue weighted by Crippen LogP contribution is 2.32. The van der Waals surface area contributed by atoms with Gasteiger partial charge in [-0.1, -0.05) is 18.5 Å². The van der Waals surface area contributed by atoms with Crippen molar-refractivity contribution < 1.29 is 0 Å². The molecule has 0 radical (unpaired) electrons. The summed E-state index contributed by atoms with van der Waals surface area (Å²) < 4.78 is 0.975. The Morgan fingerprint density at radius 1 is 1.42 bits per heavy atom. The van der Waals surface area contributed by atoms with Crippen LogP contribution in [0.3, 0.4) is 0 Å². The molecule has 1 aromatic heterocycles. The van der Waals surface area contributed by atoms with E-state index in [1.165, 1.54) is 0 Å². The summed E-state index contributed by atoms with van der Waals surface area (Å²) >= 11 is 9.56. The molecular weight excluding hydrogens is 326 g/mol. The predicted molar refractivity (Wildman–Crippen MR) is 84.8 cm³/mol. The third-order valence-electron chi connectivity index (χ3n) is 3.71. The van der Waals surface area contributed by atoms with Crippen LogP contribution >= 0.6 is 27.5 Å². The van der Waals surface area contributed by atoms with E-state index in [0.717, 1.165) is 48.9 Å². The number of rotatable bonds is 4. The van der Waals surface area contributed by atoms with Crippen molar-refractivity contribution in [1.82, 2.24) is 4.98 Å². The minimum atomic E-state index is 0.376. The molecule has 19 heavy (non-hydrogen) atoms. The zero-order valence-electron chi connectivity index (χ0n) is 11.3. The maximum atomic E-state index is 6.00. The van der Waals surface area contributed by atoms with Crippen molar-refractivity contribution in [2.24, 2.45) is 5.73 Å². The standard InChI is InChI=1S/C14H21BrClN3/c1-2-7-19(12-5-3-11(17)4-6-12)14-13(15)8-10(16)9-18-14/h8-9,11-12H,2-7,17H2,1H3. The molecule has 2 N–H and O–H groups in total. The highest BCUT2D eigenvalue weighted by Gasteiger charge is 2.25. The highest BCUT2D eigenvalue weighted by molar-refractivity contribution is 9.10. The predicted octanol–water partition coefficient (Wildman–Crippen LogP) is 3.98. The van der Waals surface area contributed by atoms with E-state index in [1.807, 2.05) is 6.07 Å². The Balaban J connectivity index is 2.19. The van der Waals surface area contributed by atoms with Gasteiger partial charge < -0.3 is 10.6 Å². The van der Waals surface area contributed by atoms with Crippen molar-refractivity contribution in [2.45, 2.75) is 51.1 Å². The summed E-state index contributed by atoms with van der Waals surface area (Å²) in [6, 6.07) is 2.84. The van der Waals surface area contributed by atoms with E-state index in [9.17, 15) is 0 Å². The largest absolute Gasteiger partial charge is 0.353 e. The molecule has 0 atom stereocenters. The van der Waals surface area contributed by atoms with Crippen LogP contribution in [-0.4, -0.2) is 23.6 Å². The third kappa shape index (κ3) is 3.83. The fourth-order valence-electron chi connectivity index (χ4n) is 2.73. The molecule has 0 saturated heterocycles. The van der Waals surface area contributed by atoms with E-state index in [1.54, 1.807) is 6.20 Å². The number of anilines is 1. The lowest BCUT2D eigenvalue weighted by Gasteiger charge is -2.37.